The molecule has 13 heavy (non-hydrogen) atoms. The number of nitrogens with one attached hydrogen (secondary N) is 1. The van der Waals surface area contributed by atoms with Gasteiger partial charge >= 0.3 is 6.09 Å². The Morgan fingerprint density at radius 3 is 2.85 bits per heavy atom. The van der Waals surface area contributed by atoms with Gasteiger partial charge in [0.25, 0.3) is 0 Å². The van der Waals surface area contributed by atoms with Crippen molar-refractivity contribution in [2.75, 3.05) is 27.2 Å². The normalized spacial score (nSPS) is 27.5. The van der Waals surface area contributed by atoms with Crippen LogP contribution in [0.4, 0.5) is 4.79 Å². The van der Waals surface area contributed by atoms with Crippen molar-refractivity contribution in [3.63, 3.8) is 0 Å². The van der Waals surface area contributed by atoms with Crippen LogP contribution >= 0.6 is 0 Å². The van der Waals surface area contributed by atoms with Gasteiger partial charge in [-0.05, 0) is 20.5 Å². The van der Waals surface area contributed by atoms with Crippen molar-refractivity contribution in [3.8, 4) is 0 Å². The summed E-state index contributed by atoms with van der Waals surface area (Å²) in [6.07, 6.45) is 0.124. The summed E-state index contributed by atoms with van der Waals surface area (Å²) in [7, 11) is 3.91. The summed E-state index contributed by atoms with van der Waals surface area (Å²) in [5.74, 6) is 0. The molecule has 0 bridgehead atoms. The number of aliphatic hydroxyl groups is 1. The minimum absolute atomic E-state index is 0.0656. The molecule has 1 saturated heterocycles. The van der Waals surface area contributed by atoms with Gasteiger partial charge in [-0.2, -0.15) is 0 Å². The number of hydrogen-bond acceptors (Lipinski definition) is 4. The van der Waals surface area contributed by atoms with Crippen molar-refractivity contribution in [2.24, 2.45) is 0 Å². The van der Waals surface area contributed by atoms with Crippen LogP contribution in [0.2, 0.25) is 0 Å². The lowest BCUT2D eigenvalue weighted by molar-refractivity contribution is 0.107. The molecule has 76 valence electrons. The van der Waals surface area contributed by atoms with E-state index in [2.05, 4.69) is 5.32 Å². The summed E-state index contributed by atoms with van der Waals surface area (Å²) >= 11 is 0. The largest absolute Gasteiger partial charge is 0.444 e. The molecular weight excluding hydrogens is 172 g/mol. The third-order valence-electron chi connectivity index (χ3n) is 2.07. The van der Waals surface area contributed by atoms with Gasteiger partial charge in [0.1, 0.15) is 6.10 Å². The molecule has 0 aromatic carbocycles. The molecule has 2 unspecified atom stereocenters. The van der Waals surface area contributed by atoms with Gasteiger partial charge < -0.3 is 20.1 Å². The van der Waals surface area contributed by atoms with E-state index < -0.39 is 6.09 Å². The third-order valence-corrected chi connectivity index (χ3v) is 2.07. The maximum atomic E-state index is 10.8. The Morgan fingerprint density at radius 2 is 2.31 bits per heavy atom. The summed E-state index contributed by atoms with van der Waals surface area (Å²) in [6.45, 7) is 0.778. The average Bonchev–Trinajstić information content (AvgIpc) is 2.42. The number of amides is 1. The number of rotatable bonds is 4. The maximum Gasteiger partial charge on any atom is 0.407 e. The van der Waals surface area contributed by atoms with Gasteiger partial charge in [0.05, 0.1) is 12.6 Å². The van der Waals surface area contributed by atoms with Gasteiger partial charge in [-0.25, -0.2) is 4.79 Å². The van der Waals surface area contributed by atoms with Crippen molar-refractivity contribution in [1.29, 1.82) is 0 Å². The summed E-state index contributed by atoms with van der Waals surface area (Å²) in [5, 5.41) is 11.5. The van der Waals surface area contributed by atoms with E-state index in [4.69, 9.17) is 9.84 Å². The lowest BCUT2D eigenvalue weighted by atomic mass is 10.1. The van der Waals surface area contributed by atoms with E-state index in [0.29, 0.717) is 0 Å². The van der Waals surface area contributed by atoms with E-state index in [1.807, 2.05) is 19.0 Å². The highest BCUT2D eigenvalue weighted by molar-refractivity contribution is 5.70. The molecule has 5 heteroatoms. The number of aliphatic hydroxyl groups excluding tert-OH is 1. The first kappa shape index (κ1) is 10.3. The summed E-state index contributed by atoms with van der Waals surface area (Å²) in [5.41, 5.74) is 0. The van der Waals surface area contributed by atoms with Crippen molar-refractivity contribution in [2.45, 2.75) is 18.6 Å². The molecular formula is C8H16N2O3. The smallest absolute Gasteiger partial charge is 0.407 e. The molecule has 0 spiro atoms. The molecule has 0 aromatic heterocycles. The van der Waals surface area contributed by atoms with E-state index in [-0.39, 0.29) is 18.8 Å². The van der Waals surface area contributed by atoms with Crippen LogP contribution < -0.4 is 5.32 Å². The predicted molar refractivity (Wildman–Crippen MR) is 47.4 cm³/mol. The van der Waals surface area contributed by atoms with Gasteiger partial charge in [-0.1, -0.05) is 0 Å². The number of alkyl carbamates (subject to hydrolysis) is 1. The van der Waals surface area contributed by atoms with E-state index in [1.165, 1.54) is 0 Å². The minimum atomic E-state index is -0.428. The van der Waals surface area contributed by atoms with E-state index in [9.17, 15) is 4.79 Å². The van der Waals surface area contributed by atoms with Crippen LogP contribution in [0.15, 0.2) is 0 Å². The Kier molecular flexibility index (Phi) is 3.50. The predicted octanol–water partition coefficient (Wildman–Crippen LogP) is -0.593. The average molecular weight is 188 g/mol. The number of nitrogens with zero attached hydrogens (tertiary/aromatic N) is 1. The fourth-order valence-corrected chi connectivity index (χ4v) is 1.31. The maximum absolute atomic E-state index is 10.8. The molecule has 1 heterocycles. The van der Waals surface area contributed by atoms with E-state index >= 15 is 0 Å². The third kappa shape index (κ3) is 2.86. The zero-order valence-electron chi connectivity index (χ0n) is 7.99. The minimum Gasteiger partial charge on any atom is -0.444 e. The summed E-state index contributed by atoms with van der Waals surface area (Å²) in [6, 6.07) is -0.243. The highest BCUT2D eigenvalue weighted by atomic mass is 16.6. The molecule has 2 N–H and O–H groups in total. The first-order valence-corrected chi connectivity index (χ1v) is 4.36. The van der Waals surface area contributed by atoms with Crippen LogP contribution in [0.1, 0.15) is 6.42 Å². The van der Waals surface area contributed by atoms with Crippen LogP contribution in [0.3, 0.4) is 0 Å². The molecule has 1 aliphatic rings. The number of ether oxygens (including phenoxy) is 1. The van der Waals surface area contributed by atoms with Gasteiger partial charge in [0, 0.05) is 6.54 Å². The van der Waals surface area contributed by atoms with Crippen LogP contribution in [0, 0.1) is 0 Å². The SMILES string of the molecule is CN(C)CCC1OC(=O)NC1CO. The Hall–Kier alpha value is -0.810. The first-order valence-electron chi connectivity index (χ1n) is 4.36. The molecule has 5 nitrogen and oxygen atoms in total. The van der Waals surface area contributed by atoms with E-state index in [1.54, 1.807) is 0 Å². The number of carbonyl (C=O) groups is 1. The van der Waals surface area contributed by atoms with Crippen molar-refractivity contribution in [1.82, 2.24) is 10.2 Å². The number of cyclic esters (lactones) is 1. The van der Waals surface area contributed by atoms with Crippen LogP contribution in [0.25, 0.3) is 0 Å². The molecule has 1 amide bonds. The Balaban J connectivity index is 2.35. The standard InChI is InChI=1S/C8H16N2O3/c1-10(2)4-3-7-6(5-11)9-8(12)13-7/h6-7,11H,3-5H2,1-2H3,(H,9,12). The second kappa shape index (κ2) is 4.43. The fourth-order valence-electron chi connectivity index (χ4n) is 1.31. The topological polar surface area (TPSA) is 61.8 Å². The lowest BCUT2D eigenvalue weighted by Crippen LogP contribution is -2.36. The quantitative estimate of drug-likeness (QED) is 0.619. The molecule has 0 aliphatic carbocycles. The van der Waals surface area contributed by atoms with Gasteiger partial charge in [0.2, 0.25) is 0 Å². The monoisotopic (exact) mass is 188 g/mol. The zero-order chi connectivity index (χ0) is 9.84. The van der Waals surface area contributed by atoms with Crippen LogP contribution in [-0.2, 0) is 4.74 Å². The molecule has 1 aliphatic heterocycles. The molecule has 0 aromatic rings. The molecule has 2 atom stereocenters. The first-order chi connectivity index (χ1) is 6.13. The van der Waals surface area contributed by atoms with Crippen molar-refractivity contribution < 1.29 is 14.6 Å². The Morgan fingerprint density at radius 1 is 1.62 bits per heavy atom. The van der Waals surface area contributed by atoms with Crippen molar-refractivity contribution >= 4 is 6.09 Å². The number of hydrogen-bond donors (Lipinski definition) is 2. The molecule has 0 saturated carbocycles. The van der Waals surface area contributed by atoms with Crippen LogP contribution in [-0.4, -0.2) is 55.5 Å². The Labute approximate surface area is 77.7 Å². The lowest BCUT2D eigenvalue weighted by Gasteiger charge is -2.16. The molecule has 1 rings (SSSR count). The zero-order valence-corrected chi connectivity index (χ0v) is 7.99. The molecule has 0 radical (unpaired) electrons. The van der Waals surface area contributed by atoms with Crippen molar-refractivity contribution in [3.05, 3.63) is 0 Å². The fraction of sp³-hybridized carbons (Fsp3) is 0.875. The van der Waals surface area contributed by atoms with Crippen LogP contribution in [0.5, 0.6) is 0 Å². The molecule has 1 fully saturated rings. The summed E-state index contributed by atoms with van der Waals surface area (Å²) in [4.78, 5) is 12.8. The Bertz CT molecular complexity index is 184. The van der Waals surface area contributed by atoms with Gasteiger partial charge in [-0.15, -0.1) is 0 Å². The van der Waals surface area contributed by atoms with Gasteiger partial charge in [0.15, 0.2) is 0 Å². The van der Waals surface area contributed by atoms with Gasteiger partial charge in [-0.3, -0.25) is 0 Å². The second-order valence-electron chi connectivity index (χ2n) is 3.47. The highest BCUT2D eigenvalue weighted by Crippen LogP contribution is 2.12. The van der Waals surface area contributed by atoms with E-state index in [0.717, 1.165) is 13.0 Å². The summed E-state index contributed by atoms with van der Waals surface area (Å²) < 4.78 is 4.98. The highest BCUT2D eigenvalue weighted by Gasteiger charge is 2.32. The second-order valence-corrected chi connectivity index (χ2v) is 3.47. The number of carbonyl (C=O) groups excluding carboxylic acids is 1.